The van der Waals surface area contributed by atoms with Crippen molar-refractivity contribution in [1.29, 1.82) is 0 Å². The van der Waals surface area contributed by atoms with Crippen LogP contribution in [0.5, 0.6) is 5.75 Å². The van der Waals surface area contributed by atoms with Crippen LogP contribution in [0.15, 0.2) is 34.9 Å². The Morgan fingerprint density at radius 1 is 1.21 bits per heavy atom. The van der Waals surface area contributed by atoms with Gasteiger partial charge < -0.3 is 24.8 Å². The fraction of sp³-hybridized carbons (Fsp3) is 0.421. The van der Waals surface area contributed by atoms with Crippen LogP contribution in [0.4, 0.5) is 10.5 Å². The van der Waals surface area contributed by atoms with Gasteiger partial charge in [0.05, 0.1) is 12.8 Å². The lowest BCUT2D eigenvalue weighted by molar-refractivity contribution is 0.0629. The summed E-state index contributed by atoms with van der Waals surface area (Å²) in [6.45, 7) is 5.73. The summed E-state index contributed by atoms with van der Waals surface area (Å²) in [5, 5.41) is 9.40. The van der Waals surface area contributed by atoms with Crippen LogP contribution >= 0.6 is 0 Å². The fourth-order valence-corrected chi connectivity index (χ4v) is 3.05. The third-order valence-corrected chi connectivity index (χ3v) is 4.58. The Balaban J connectivity index is 1.37. The second-order valence-corrected chi connectivity index (χ2v) is 6.54. The first-order chi connectivity index (χ1) is 13.6. The molecule has 0 atom stereocenters. The van der Waals surface area contributed by atoms with Crippen molar-refractivity contribution in [1.82, 2.24) is 20.3 Å². The van der Waals surface area contributed by atoms with Crippen molar-refractivity contribution in [3.8, 4) is 5.75 Å². The highest BCUT2D eigenvalue weighted by Gasteiger charge is 2.24. The second kappa shape index (κ2) is 9.23. The predicted octanol–water partition coefficient (Wildman–Crippen LogP) is 1.57. The van der Waals surface area contributed by atoms with Crippen molar-refractivity contribution in [2.75, 3.05) is 51.7 Å². The summed E-state index contributed by atoms with van der Waals surface area (Å²) < 4.78 is 10.2. The molecule has 3 amide bonds. The molecule has 9 heteroatoms. The number of hydrogen-bond donors (Lipinski definition) is 2. The third kappa shape index (κ3) is 5.01. The molecule has 1 aromatic heterocycles. The minimum absolute atomic E-state index is 0.106. The molecule has 1 aromatic carbocycles. The summed E-state index contributed by atoms with van der Waals surface area (Å²) in [6.07, 6.45) is 0. The van der Waals surface area contributed by atoms with E-state index in [1.165, 1.54) is 0 Å². The van der Waals surface area contributed by atoms with E-state index < -0.39 is 0 Å². The van der Waals surface area contributed by atoms with E-state index in [1.54, 1.807) is 37.1 Å². The zero-order valence-electron chi connectivity index (χ0n) is 16.1. The number of aromatic nitrogens is 1. The quantitative estimate of drug-likeness (QED) is 0.781. The topological polar surface area (TPSA) is 99.9 Å². The molecule has 28 heavy (non-hydrogen) atoms. The van der Waals surface area contributed by atoms with Gasteiger partial charge in [0.1, 0.15) is 11.5 Å². The van der Waals surface area contributed by atoms with Crippen LogP contribution in [0, 0.1) is 6.92 Å². The van der Waals surface area contributed by atoms with E-state index in [1.807, 2.05) is 12.1 Å². The van der Waals surface area contributed by atoms with Crippen LogP contribution in [0.2, 0.25) is 0 Å². The molecule has 3 rings (SSSR count). The van der Waals surface area contributed by atoms with Crippen molar-refractivity contribution >= 4 is 17.6 Å². The Hall–Kier alpha value is -3.07. The molecule has 2 N–H and O–H groups in total. The Bertz CT molecular complexity index is 814. The molecule has 0 aliphatic carbocycles. The minimum Gasteiger partial charge on any atom is -0.495 e. The van der Waals surface area contributed by atoms with Gasteiger partial charge in [0, 0.05) is 45.3 Å². The molecule has 1 aliphatic heterocycles. The van der Waals surface area contributed by atoms with E-state index in [9.17, 15) is 9.59 Å². The van der Waals surface area contributed by atoms with Gasteiger partial charge in [-0.15, -0.1) is 0 Å². The van der Waals surface area contributed by atoms with E-state index in [2.05, 4.69) is 20.7 Å². The second-order valence-electron chi connectivity index (χ2n) is 6.54. The molecular formula is C19H25N5O4. The van der Waals surface area contributed by atoms with E-state index in [-0.39, 0.29) is 11.9 Å². The SMILES string of the molecule is COc1ccccc1NC(=O)NCCN1CCN(C(=O)c2cc(C)on2)CC1. The number of ether oxygens (including phenoxy) is 1. The van der Waals surface area contributed by atoms with E-state index >= 15 is 0 Å². The monoisotopic (exact) mass is 387 g/mol. The van der Waals surface area contributed by atoms with Gasteiger partial charge in [-0.2, -0.15) is 0 Å². The first-order valence-corrected chi connectivity index (χ1v) is 9.19. The number of methoxy groups -OCH3 is 1. The number of nitrogens with one attached hydrogen (secondary N) is 2. The van der Waals surface area contributed by atoms with Crippen LogP contribution in [0.1, 0.15) is 16.2 Å². The third-order valence-electron chi connectivity index (χ3n) is 4.58. The van der Waals surface area contributed by atoms with Gasteiger partial charge >= 0.3 is 6.03 Å². The molecule has 1 saturated heterocycles. The van der Waals surface area contributed by atoms with Crippen molar-refractivity contribution in [2.45, 2.75) is 6.92 Å². The standard InChI is InChI=1S/C19H25N5O4/c1-14-13-16(22-28-14)18(25)24-11-9-23(10-12-24)8-7-20-19(26)21-15-5-3-4-6-17(15)27-2/h3-6,13H,7-12H2,1-2H3,(H2,20,21,26). The lowest BCUT2D eigenvalue weighted by atomic mass is 10.2. The molecule has 0 spiro atoms. The molecule has 0 unspecified atom stereocenters. The Morgan fingerprint density at radius 3 is 2.64 bits per heavy atom. The summed E-state index contributed by atoms with van der Waals surface area (Å²) in [4.78, 5) is 28.4. The normalized spacial score (nSPS) is 14.6. The van der Waals surface area contributed by atoms with Gasteiger partial charge in [-0.3, -0.25) is 9.69 Å². The number of para-hydroxylation sites is 2. The van der Waals surface area contributed by atoms with Crippen LogP contribution in [-0.4, -0.2) is 73.3 Å². The summed E-state index contributed by atoms with van der Waals surface area (Å²) in [7, 11) is 1.56. The number of carbonyl (C=O) groups excluding carboxylic acids is 2. The molecule has 1 aliphatic rings. The highest BCUT2D eigenvalue weighted by atomic mass is 16.5. The zero-order valence-corrected chi connectivity index (χ0v) is 16.1. The van der Waals surface area contributed by atoms with Crippen molar-refractivity contribution in [3.63, 3.8) is 0 Å². The number of anilines is 1. The Morgan fingerprint density at radius 2 is 1.96 bits per heavy atom. The summed E-state index contributed by atoms with van der Waals surface area (Å²) in [5.74, 6) is 1.13. The molecule has 2 aromatic rings. The van der Waals surface area contributed by atoms with Crippen LogP contribution in [0.3, 0.4) is 0 Å². The van der Waals surface area contributed by atoms with E-state index in [4.69, 9.17) is 9.26 Å². The van der Waals surface area contributed by atoms with Crippen molar-refractivity contribution < 1.29 is 18.8 Å². The van der Waals surface area contributed by atoms with Gasteiger partial charge in [0.2, 0.25) is 0 Å². The van der Waals surface area contributed by atoms with E-state index in [0.29, 0.717) is 49.1 Å². The first-order valence-electron chi connectivity index (χ1n) is 9.19. The maximum Gasteiger partial charge on any atom is 0.319 e. The zero-order chi connectivity index (χ0) is 19.9. The molecule has 0 saturated carbocycles. The molecule has 0 bridgehead atoms. The van der Waals surface area contributed by atoms with Gasteiger partial charge in [-0.1, -0.05) is 17.3 Å². The molecule has 0 radical (unpaired) electrons. The summed E-state index contributed by atoms with van der Waals surface area (Å²) in [6, 6.07) is 8.62. The molecule has 2 heterocycles. The highest BCUT2D eigenvalue weighted by molar-refractivity contribution is 5.92. The molecule has 1 fully saturated rings. The lowest BCUT2D eigenvalue weighted by Gasteiger charge is -2.34. The number of benzene rings is 1. The Labute approximate surface area is 163 Å². The summed E-state index contributed by atoms with van der Waals surface area (Å²) in [5.41, 5.74) is 0.971. The first kappa shape index (κ1) is 19.7. The Kier molecular flexibility index (Phi) is 6.49. The van der Waals surface area contributed by atoms with Gasteiger partial charge in [0.25, 0.3) is 5.91 Å². The van der Waals surface area contributed by atoms with Crippen LogP contribution in [-0.2, 0) is 0 Å². The van der Waals surface area contributed by atoms with Crippen LogP contribution < -0.4 is 15.4 Å². The number of amides is 3. The van der Waals surface area contributed by atoms with Crippen molar-refractivity contribution in [3.05, 3.63) is 41.8 Å². The van der Waals surface area contributed by atoms with Gasteiger partial charge in [0.15, 0.2) is 5.69 Å². The average Bonchev–Trinajstić information content (AvgIpc) is 3.15. The predicted molar refractivity (Wildman–Crippen MR) is 104 cm³/mol. The smallest absolute Gasteiger partial charge is 0.319 e. The summed E-state index contributed by atoms with van der Waals surface area (Å²) >= 11 is 0. The number of urea groups is 1. The maximum absolute atomic E-state index is 12.4. The fourth-order valence-electron chi connectivity index (χ4n) is 3.05. The minimum atomic E-state index is -0.278. The lowest BCUT2D eigenvalue weighted by Crippen LogP contribution is -2.50. The number of rotatable bonds is 6. The number of piperazine rings is 1. The highest BCUT2D eigenvalue weighted by Crippen LogP contribution is 2.22. The van der Waals surface area contributed by atoms with Gasteiger partial charge in [-0.25, -0.2) is 4.79 Å². The largest absolute Gasteiger partial charge is 0.495 e. The molecule has 9 nitrogen and oxygen atoms in total. The number of aryl methyl sites for hydroxylation is 1. The maximum atomic E-state index is 12.4. The number of nitrogens with zero attached hydrogens (tertiary/aromatic N) is 3. The molecular weight excluding hydrogens is 362 g/mol. The molecule has 150 valence electrons. The number of carbonyl (C=O) groups is 2. The van der Waals surface area contributed by atoms with Gasteiger partial charge in [-0.05, 0) is 19.1 Å². The number of hydrogen-bond acceptors (Lipinski definition) is 6. The van der Waals surface area contributed by atoms with E-state index in [0.717, 1.165) is 13.1 Å². The van der Waals surface area contributed by atoms with Crippen molar-refractivity contribution in [2.24, 2.45) is 0 Å². The van der Waals surface area contributed by atoms with Crippen LogP contribution in [0.25, 0.3) is 0 Å². The average molecular weight is 387 g/mol.